The number of rotatable bonds is 5. The summed E-state index contributed by atoms with van der Waals surface area (Å²) in [4.78, 5) is 15.9. The molecule has 0 radical (unpaired) electrons. The number of hydrogen-bond acceptors (Lipinski definition) is 3. The molecular formula is C20H24N2OS. The van der Waals surface area contributed by atoms with E-state index in [4.69, 9.17) is 0 Å². The Labute approximate surface area is 148 Å². The SMILES string of the molecule is CC(NCCC(=O)N1CCCSc2ccccc21)c1ccccc1. The number of anilines is 1. The van der Waals surface area contributed by atoms with E-state index in [1.54, 1.807) is 0 Å². The van der Waals surface area contributed by atoms with Crippen LogP contribution in [0.4, 0.5) is 5.69 Å². The molecular weight excluding hydrogens is 316 g/mol. The van der Waals surface area contributed by atoms with Crippen molar-refractivity contribution in [3.63, 3.8) is 0 Å². The number of nitrogens with zero attached hydrogens (tertiary/aromatic N) is 1. The summed E-state index contributed by atoms with van der Waals surface area (Å²) in [7, 11) is 0. The second-order valence-corrected chi connectivity index (χ2v) is 7.19. The van der Waals surface area contributed by atoms with Crippen LogP contribution in [0.2, 0.25) is 0 Å². The maximum atomic E-state index is 12.7. The molecule has 1 N–H and O–H groups in total. The largest absolute Gasteiger partial charge is 0.311 e. The number of para-hydroxylation sites is 1. The summed E-state index contributed by atoms with van der Waals surface area (Å²) in [6, 6.07) is 18.8. The summed E-state index contributed by atoms with van der Waals surface area (Å²) in [5.74, 6) is 1.28. The van der Waals surface area contributed by atoms with Crippen LogP contribution in [-0.2, 0) is 4.79 Å². The average Bonchev–Trinajstić information content (AvgIpc) is 2.85. The molecule has 0 saturated heterocycles. The maximum Gasteiger partial charge on any atom is 0.228 e. The number of nitrogens with one attached hydrogen (secondary N) is 1. The normalized spacial score (nSPS) is 15.5. The van der Waals surface area contributed by atoms with Gasteiger partial charge in [0.05, 0.1) is 5.69 Å². The van der Waals surface area contributed by atoms with Crippen molar-refractivity contribution in [2.24, 2.45) is 0 Å². The molecule has 0 aromatic heterocycles. The zero-order valence-electron chi connectivity index (χ0n) is 14.1. The summed E-state index contributed by atoms with van der Waals surface area (Å²) in [6.45, 7) is 3.65. The predicted octanol–water partition coefficient (Wildman–Crippen LogP) is 4.26. The van der Waals surface area contributed by atoms with Gasteiger partial charge in [0.1, 0.15) is 0 Å². The zero-order valence-corrected chi connectivity index (χ0v) is 14.9. The van der Waals surface area contributed by atoms with Gasteiger partial charge >= 0.3 is 0 Å². The lowest BCUT2D eigenvalue weighted by Crippen LogP contribution is -2.34. The smallest absolute Gasteiger partial charge is 0.228 e. The monoisotopic (exact) mass is 340 g/mol. The third kappa shape index (κ3) is 4.19. The molecule has 1 amide bonds. The van der Waals surface area contributed by atoms with Crippen LogP contribution < -0.4 is 10.2 Å². The van der Waals surface area contributed by atoms with Crippen molar-refractivity contribution in [3.05, 3.63) is 60.2 Å². The van der Waals surface area contributed by atoms with Gasteiger partial charge in [0.15, 0.2) is 0 Å². The van der Waals surface area contributed by atoms with Gasteiger partial charge in [-0.15, -0.1) is 11.8 Å². The average molecular weight is 340 g/mol. The summed E-state index contributed by atoms with van der Waals surface area (Å²) in [5.41, 5.74) is 2.32. The first-order valence-corrected chi connectivity index (χ1v) is 9.55. The minimum atomic E-state index is 0.206. The highest BCUT2D eigenvalue weighted by molar-refractivity contribution is 7.99. The van der Waals surface area contributed by atoms with E-state index < -0.39 is 0 Å². The molecule has 0 spiro atoms. The number of carbonyl (C=O) groups excluding carboxylic acids is 1. The van der Waals surface area contributed by atoms with E-state index in [0.29, 0.717) is 13.0 Å². The highest BCUT2D eigenvalue weighted by Crippen LogP contribution is 2.33. The maximum absolute atomic E-state index is 12.7. The number of fused-ring (bicyclic) bond motifs is 1. The van der Waals surface area contributed by atoms with E-state index in [1.165, 1.54) is 10.5 Å². The Morgan fingerprint density at radius 2 is 1.92 bits per heavy atom. The lowest BCUT2D eigenvalue weighted by molar-refractivity contribution is -0.118. The minimum Gasteiger partial charge on any atom is -0.311 e. The van der Waals surface area contributed by atoms with Gasteiger partial charge in [0, 0.05) is 30.4 Å². The topological polar surface area (TPSA) is 32.3 Å². The molecule has 0 fully saturated rings. The van der Waals surface area contributed by atoms with Gasteiger partial charge < -0.3 is 10.2 Å². The first kappa shape index (κ1) is 17.1. The zero-order chi connectivity index (χ0) is 16.8. The molecule has 2 aromatic rings. The fourth-order valence-corrected chi connectivity index (χ4v) is 3.97. The van der Waals surface area contributed by atoms with Crippen LogP contribution >= 0.6 is 11.8 Å². The van der Waals surface area contributed by atoms with Crippen molar-refractivity contribution < 1.29 is 4.79 Å². The highest BCUT2D eigenvalue weighted by Gasteiger charge is 2.20. The molecule has 2 aromatic carbocycles. The summed E-state index contributed by atoms with van der Waals surface area (Å²) in [5, 5.41) is 3.46. The predicted molar refractivity (Wildman–Crippen MR) is 102 cm³/mol. The van der Waals surface area contributed by atoms with Crippen molar-refractivity contribution in [2.75, 3.05) is 23.7 Å². The van der Waals surface area contributed by atoms with Crippen LogP contribution in [-0.4, -0.2) is 24.7 Å². The van der Waals surface area contributed by atoms with Gasteiger partial charge in [-0.05, 0) is 36.8 Å². The Balaban J connectivity index is 1.57. The van der Waals surface area contributed by atoms with E-state index in [-0.39, 0.29) is 11.9 Å². The first-order valence-electron chi connectivity index (χ1n) is 8.56. The third-order valence-corrected chi connectivity index (χ3v) is 5.48. The van der Waals surface area contributed by atoms with Gasteiger partial charge in [-0.25, -0.2) is 0 Å². The minimum absolute atomic E-state index is 0.206. The molecule has 0 saturated carbocycles. The first-order chi connectivity index (χ1) is 11.8. The van der Waals surface area contributed by atoms with Gasteiger partial charge in [-0.3, -0.25) is 4.79 Å². The molecule has 3 nitrogen and oxygen atoms in total. The number of thioether (sulfide) groups is 1. The summed E-state index contributed by atoms with van der Waals surface area (Å²) < 4.78 is 0. The molecule has 1 aliphatic heterocycles. The molecule has 1 aliphatic rings. The van der Waals surface area contributed by atoms with E-state index in [2.05, 4.69) is 36.5 Å². The lowest BCUT2D eigenvalue weighted by Gasteiger charge is -2.23. The Morgan fingerprint density at radius 1 is 1.17 bits per heavy atom. The lowest BCUT2D eigenvalue weighted by atomic mass is 10.1. The van der Waals surface area contributed by atoms with Crippen molar-refractivity contribution in [3.8, 4) is 0 Å². The van der Waals surface area contributed by atoms with Crippen molar-refractivity contribution >= 4 is 23.4 Å². The van der Waals surface area contributed by atoms with Gasteiger partial charge in [0.2, 0.25) is 5.91 Å². The van der Waals surface area contributed by atoms with E-state index >= 15 is 0 Å². The quantitative estimate of drug-likeness (QED) is 0.883. The fourth-order valence-electron chi connectivity index (χ4n) is 2.98. The van der Waals surface area contributed by atoms with Crippen LogP contribution in [0, 0.1) is 0 Å². The Hall–Kier alpha value is -1.78. The second-order valence-electron chi connectivity index (χ2n) is 6.05. The molecule has 1 atom stereocenters. The van der Waals surface area contributed by atoms with Gasteiger partial charge in [-0.2, -0.15) is 0 Å². The van der Waals surface area contributed by atoms with Crippen LogP contribution in [0.25, 0.3) is 0 Å². The number of carbonyl (C=O) groups is 1. The summed E-state index contributed by atoms with van der Waals surface area (Å²) in [6.07, 6.45) is 1.56. The molecule has 4 heteroatoms. The van der Waals surface area contributed by atoms with Crippen LogP contribution in [0.3, 0.4) is 0 Å². The van der Waals surface area contributed by atoms with Crippen LogP contribution in [0.15, 0.2) is 59.5 Å². The Bertz CT molecular complexity index is 674. The van der Waals surface area contributed by atoms with Gasteiger partial charge in [-0.1, -0.05) is 42.5 Å². The molecule has 1 heterocycles. The highest BCUT2D eigenvalue weighted by atomic mass is 32.2. The Morgan fingerprint density at radius 3 is 2.75 bits per heavy atom. The van der Waals surface area contributed by atoms with Crippen molar-refractivity contribution in [1.82, 2.24) is 5.32 Å². The molecule has 0 bridgehead atoms. The van der Waals surface area contributed by atoms with Crippen molar-refractivity contribution in [2.45, 2.75) is 30.7 Å². The number of benzene rings is 2. The molecule has 24 heavy (non-hydrogen) atoms. The van der Waals surface area contributed by atoms with E-state index in [9.17, 15) is 4.79 Å². The fraction of sp³-hybridized carbons (Fsp3) is 0.350. The van der Waals surface area contributed by atoms with Gasteiger partial charge in [0.25, 0.3) is 0 Å². The molecule has 126 valence electrons. The molecule has 0 aliphatic carbocycles. The number of amides is 1. The van der Waals surface area contributed by atoms with E-state index in [0.717, 1.165) is 24.4 Å². The molecule has 3 rings (SSSR count). The van der Waals surface area contributed by atoms with E-state index in [1.807, 2.05) is 47.0 Å². The Kier molecular flexibility index (Phi) is 5.94. The summed E-state index contributed by atoms with van der Waals surface area (Å²) >= 11 is 1.85. The second kappa shape index (κ2) is 8.36. The molecule has 1 unspecified atom stereocenters. The third-order valence-electron chi connectivity index (χ3n) is 4.33. The van der Waals surface area contributed by atoms with Crippen LogP contribution in [0.1, 0.15) is 31.4 Å². The standard InChI is InChI=1S/C20H24N2OS/c1-16(17-8-3-2-4-9-17)21-13-12-20(23)22-14-7-15-24-19-11-6-5-10-18(19)22/h2-6,8-11,16,21H,7,12-15H2,1H3. The number of hydrogen-bond donors (Lipinski definition) is 1. The van der Waals surface area contributed by atoms with Crippen LogP contribution in [0.5, 0.6) is 0 Å². The van der Waals surface area contributed by atoms with Crippen molar-refractivity contribution in [1.29, 1.82) is 0 Å².